The number of ether oxygens (including phenoxy) is 2. The summed E-state index contributed by atoms with van der Waals surface area (Å²) in [6, 6.07) is 0. The van der Waals surface area contributed by atoms with Gasteiger partial charge in [-0.1, -0.05) is 177 Å². The molecule has 0 aliphatic heterocycles. The fraction of sp³-hybridized carbons (Fsp3) is 0.714. The van der Waals surface area contributed by atoms with Gasteiger partial charge in [0, 0.05) is 19.4 Å². The van der Waals surface area contributed by atoms with Gasteiger partial charge in [-0.25, -0.2) is 4.57 Å². The van der Waals surface area contributed by atoms with E-state index in [2.05, 4.69) is 74.6 Å². The van der Waals surface area contributed by atoms with E-state index in [9.17, 15) is 19.0 Å². The average molecular weight is 848 g/mol. The number of hydrogen-bond donors (Lipinski definition) is 2. The number of carbonyl (C=O) groups excluding carboxylic acids is 2. The summed E-state index contributed by atoms with van der Waals surface area (Å²) in [6.45, 7) is 3.62. The van der Waals surface area contributed by atoms with E-state index in [4.69, 9.17) is 24.3 Å². The Balaban J connectivity index is 4.23. The van der Waals surface area contributed by atoms with Gasteiger partial charge in [-0.05, 0) is 77.0 Å². The van der Waals surface area contributed by atoms with Crippen molar-refractivity contribution < 1.29 is 37.6 Å². The zero-order valence-corrected chi connectivity index (χ0v) is 38.4. The molecule has 0 heterocycles. The Morgan fingerprint density at radius 1 is 0.508 bits per heavy atom. The summed E-state index contributed by atoms with van der Waals surface area (Å²) in [5.74, 6) is -0.929. The highest BCUT2D eigenvalue weighted by Crippen LogP contribution is 2.43. The van der Waals surface area contributed by atoms with E-state index >= 15 is 0 Å². The zero-order valence-electron chi connectivity index (χ0n) is 37.5. The molecule has 0 fully saturated rings. The summed E-state index contributed by atoms with van der Waals surface area (Å²) >= 11 is 0. The fourth-order valence-corrected chi connectivity index (χ4v) is 6.85. The molecule has 0 saturated heterocycles. The zero-order chi connectivity index (χ0) is 43.2. The van der Waals surface area contributed by atoms with Crippen LogP contribution in [-0.2, 0) is 32.7 Å². The lowest BCUT2D eigenvalue weighted by atomic mass is 10.1. The van der Waals surface area contributed by atoms with E-state index in [-0.39, 0.29) is 32.6 Å². The molecule has 1 unspecified atom stereocenters. The van der Waals surface area contributed by atoms with Crippen molar-refractivity contribution in [3.8, 4) is 0 Å². The fourth-order valence-electron chi connectivity index (χ4n) is 6.08. The lowest BCUT2D eigenvalue weighted by molar-refractivity contribution is -0.161. The monoisotopic (exact) mass is 848 g/mol. The Labute approximate surface area is 361 Å². The minimum atomic E-state index is -4.40. The van der Waals surface area contributed by atoms with E-state index < -0.39 is 32.5 Å². The largest absolute Gasteiger partial charge is 0.472 e. The summed E-state index contributed by atoms with van der Waals surface area (Å²) in [5.41, 5.74) is 5.35. The highest BCUT2D eigenvalue weighted by molar-refractivity contribution is 7.47. The van der Waals surface area contributed by atoms with E-state index in [0.717, 1.165) is 44.9 Å². The van der Waals surface area contributed by atoms with Crippen LogP contribution in [0.3, 0.4) is 0 Å². The molecule has 0 aliphatic carbocycles. The van der Waals surface area contributed by atoms with Crippen LogP contribution in [0.1, 0.15) is 194 Å². The van der Waals surface area contributed by atoms with E-state index in [1.54, 1.807) is 0 Å². The number of rotatable bonds is 43. The molecule has 0 spiro atoms. The van der Waals surface area contributed by atoms with Gasteiger partial charge in [0.2, 0.25) is 0 Å². The minimum absolute atomic E-state index is 0.0409. The molecule has 9 nitrogen and oxygen atoms in total. The molecule has 0 aliphatic rings. The maximum atomic E-state index is 12.6. The third-order valence-corrected chi connectivity index (χ3v) is 10.6. The molecular formula is C49H86NO8P. The Bertz CT molecular complexity index is 1190. The summed E-state index contributed by atoms with van der Waals surface area (Å²) in [5, 5.41) is 0. The summed E-state index contributed by atoms with van der Waals surface area (Å²) < 4.78 is 32.8. The van der Waals surface area contributed by atoms with Crippen molar-refractivity contribution in [2.75, 3.05) is 26.4 Å². The molecule has 0 bridgehead atoms. The van der Waals surface area contributed by atoms with Crippen molar-refractivity contribution in [2.24, 2.45) is 5.73 Å². The van der Waals surface area contributed by atoms with Crippen molar-refractivity contribution >= 4 is 19.8 Å². The second kappa shape index (κ2) is 45.0. The van der Waals surface area contributed by atoms with E-state index in [1.807, 2.05) is 12.2 Å². The predicted molar refractivity (Wildman–Crippen MR) is 247 cm³/mol. The van der Waals surface area contributed by atoms with Gasteiger partial charge in [0.05, 0.1) is 13.2 Å². The standard InChI is InChI=1S/C49H86NO8P/c1-3-5-7-9-11-13-15-17-19-21-23-25-27-29-31-33-35-37-39-41-48(51)55-45-47(46-57-59(53,54)56-44-43-50)58-49(52)42-40-38-36-34-32-30-28-26-24-22-20-18-16-14-12-10-8-6-4-2/h11,13,17-20,23,25,29,31,35,37,47H,3-10,12,14-16,21-22,24,26-28,30,32-34,36,38-46,50H2,1-2H3,(H,53,54)/b13-11+,19-17+,20-18+,25-23+,31-29+,37-35+/t47-/m1/s1. The normalized spacial score (nSPS) is 13.9. The SMILES string of the molecule is CCCCC/C=C/C/C=C/C/C=C/C/C=C/C/C=C/CCC(=O)OC[C@H](COP(=O)(O)OCCN)OC(=O)CCCCCCCCCCC/C=C/CCCCCCCC. The summed E-state index contributed by atoms with van der Waals surface area (Å²) in [4.78, 5) is 34.9. The lowest BCUT2D eigenvalue weighted by Crippen LogP contribution is -2.29. The average Bonchev–Trinajstić information content (AvgIpc) is 3.22. The molecule has 10 heteroatoms. The van der Waals surface area contributed by atoms with Crippen LogP contribution in [0.2, 0.25) is 0 Å². The Morgan fingerprint density at radius 3 is 1.42 bits per heavy atom. The number of allylic oxidation sites excluding steroid dienone is 12. The summed E-state index contributed by atoms with van der Waals surface area (Å²) in [6.07, 6.45) is 55.2. The second-order valence-electron chi connectivity index (χ2n) is 15.3. The van der Waals surface area contributed by atoms with Gasteiger partial charge in [-0.3, -0.25) is 18.6 Å². The smallest absolute Gasteiger partial charge is 0.462 e. The highest BCUT2D eigenvalue weighted by Gasteiger charge is 2.25. The topological polar surface area (TPSA) is 134 Å². The molecule has 340 valence electrons. The number of phosphoric ester groups is 1. The third kappa shape index (κ3) is 44.8. The maximum Gasteiger partial charge on any atom is 0.472 e. The molecule has 0 saturated carbocycles. The van der Waals surface area contributed by atoms with Crippen molar-refractivity contribution in [2.45, 2.75) is 200 Å². The molecule has 0 aromatic carbocycles. The number of nitrogens with two attached hydrogens (primary N) is 1. The third-order valence-electron chi connectivity index (χ3n) is 9.58. The first-order chi connectivity index (χ1) is 28.8. The highest BCUT2D eigenvalue weighted by atomic mass is 31.2. The molecule has 0 amide bonds. The summed E-state index contributed by atoms with van der Waals surface area (Å²) in [7, 11) is -4.40. The van der Waals surface area contributed by atoms with Crippen LogP contribution in [-0.4, -0.2) is 49.3 Å². The number of carbonyl (C=O) groups is 2. The number of phosphoric acid groups is 1. The molecule has 0 aromatic heterocycles. The molecule has 59 heavy (non-hydrogen) atoms. The molecule has 2 atom stereocenters. The van der Waals surface area contributed by atoms with Crippen molar-refractivity contribution in [1.29, 1.82) is 0 Å². The quantitative estimate of drug-likeness (QED) is 0.0266. The predicted octanol–water partition coefficient (Wildman–Crippen LogP) is 13.8. The molecule has 3 N–H and O–H groups in total. The van der Waals surface area contributed by atoms with Gasteiger partial charge < -0.3 is 20.1 Å². The van der Waals surface area contributed by atoms with Gasteiger partial charge in [0.25, 0.3) is 0 Å². The second-order valence-corrected chi connectivity index (χ2v) is 16.7. The number of hydrogen-bond acceptors (Lipinski definition) is 8. The molecular weight excluding hydrogens is 762 g/mol. The molecule has 0 aromatic rings. The van der Waals surface area contributed by atoms with E-state index in [0.29, 0.717) is 12.8 Å². The van der Waals surface area contributed by atoms with Crippen LogP contribution in [0.5, 0.6) is 0 Å². The first-order valence-electron chi connectivity index (χ1n) is 23.4. The van der Waals surface area contributed by atoms with Gasteiger partial charge in [-0.15, -0.1) is 0 Å². The van der Waals surface area contributed by atoms with Crippen LogP contribution >= 0.6 is 7.82 Å². The van der Waals surface area contributed by atoms with Gasteiger partial charge >= 0.3 is 19.8 Å². The van der Waals surface area contributed by atoms with Crippen LogP contribution in [0.25, 0.3) is 0 Å². The first kappa shape index (κ1) is 56.5. The first-order valence-corrected chi connectivity index (χ1v) is 24.9. The van der Waals surface area contributed by atoms with Crippen molar-refractivity contribution in [1.82, 2.24) is 0 Å². The van der Waals surface area contributed by atoms with E-state index in [1.165, 1.54) is 109 Å². The van der Waals surface area contributed by atoms with Crippen LogP contribution < -0.4 is 5.73 Å². The van der Waals surface area contributed by atoms with Crippen molar-refractivity contribution in [3.05, 3.63) is 72.9 Å². The molecule has 0 rings (SSSR count). The van der Waals surface area contributed by atoms with Crippen LogP contribution in [0.4, 0.5) is 0 Å². The lowest BCUT2D eigenvalue weighted by Gasteiger charge is -2.19. The van der Waals surface area contributed by atoms with Gasteiger partial charge in [0.15, 0.2) is 6.10 Å². The van der Waals surface area contributed by atoms with Crippen LogP contribution in [0, 0.1) is 0 Å². The number of esters is 2. The molecule has 0 radical (unpaired) electrons. The van der Waals surface area contributed by atoms with Gasteiger partial charge in [-0.2, -0.15) is 0 Å². The Kier molecular flexibility index (Phi) is 43.0. The van der Waals surface area contributed by atoms with Gasteiger partial charge in [0.1, 0.15) is 6.61 Å². The Morgan fingerprint density at radius 2 is 0.915 bits per heavy atom. The maximum absolute atomic E-state index is 12.6. The number of unbranched alkanes of at least 4 members (excludes halogenated alkanes) is 18. The van der Waals surface area contributed by atoms with Crippen molar-refractivity contribution in [3.63, 3.8) is 0 Å². The Hall–Kier alpha value is -2.55. The minimum Gasteiger partial charge on any atom is -0.462 e. The van der Waals surface area contributed by atoms with Crippen LogP contribution in [0.15, 0.2) is 72.9 Å².